The second-order valence-corrected chi connectivity index (χ2v) is 6.26. The van der Waals surface area contributed by atoms with Crippen LogP contribution in [0.3, 0.4) is 0 Å². The Bertz CT molecular complexity index is 478. The summed E-state index contributed by atoms with van der Waals surface area (Å²) < 4.78 is 0. The molecule has 104 valence electrons. The van der Waals surface area contributed by atoms with Crippen LogP contribution in [0.1, 0.15) is 59.3 Å². The van der Waals surface area contributed by atoms with Gasteiger partial charge in [0.05, 0.1) is 0 Å². The summed E-state index contributed by atoms with van der Waals surface area (Å²) in [5.74, 6) is -1.38. The van der Waals surface area contributed by atoms with E-state index in [1.54, 1.807) is 0 Å². The lowest BCUT2D eigenvalue weighted by Crippen LogP contribution is -2.37. The lowest BCUT2D eigenvalue weighted by atomic mass is 9.76. The Morgan fingerprint density at radius 2 is 2.11 bits per heavy atom. The number of carbonyl (C=O) groups excluding carboxylic acids is 1. The molecule has 1 aromatic heterocycles. The van der Waals surface area contributed by atoms with Crippen LogP contribution < -0.4 is 5.32 Å². The first-order valence-corrected chi connectivity index (χ1v) is 7.35. The number of nitrogens with one attached hydrogen (secondary N) is 1. The lowest BCUT2D eigenvalue weighted by molar-refractivity contribution is 0.0691. The number of carboxylic acids is 1. The quantitative estimate of drug-likeness (QED) is 0.889. The molecular formula is C13H18N2O3S. The maximum atomic E-state index is 11.9. The van der Waals surface area contributed by atoms with Gasteiger partial charge in [0.15, 0.2) is 10.7 Å². The molecule has 0 atom stereocenters. The van der Waals surface area contributed by atoms with Crippen LogP contribution in [0.5, 0.6) is 0 Å². The Morgan fingerprint density at radius 1 is 1.42 bits per heavy atom. The zero-order valence-electron chi connectivity index (χ0n) is 10.9. The first-order valence-electron chi connectivity index (χ1n) is 6.47. The summed E-state index contributed by atoms with van der Waals surface area (Å²) in [6.07, 6.45) is 5.97. The third kappa shape index (κ3) is 3.53. The van der Waals surface area contributed by atoms with Gasteiger partial charge in [-0.3, -0.25) is 4.79 Å². The molecule has 2 rings (SSSR count). The van der Waals surface area contributed by atoms with Gasteiger partial charge in [-0.25, -0.2) is 9.78 Å². The normalized spacial score (nSPS) is 17.9. The summed E-state index contributed by atoms with van der Waals surface area (Å²) in [6.45, 7) is 2.82. The van der Waals surface area contributed by atoms with Crippen molar-refractivity contribution in [1.29, 1.82) is 0 Å². The van der Waals surface area contributed by atoms with Crippen molar-refractivity contribution in [3.05, 3.63) is 16.1 Å². The minimum atomic E-state index is -1.10. The number of aromatic nitrogens is 1. The number of hydrogen-bond donors (Lipinski definition) is 2. The van der Waals surface area contributed by atoms with E-state index >= 15 is 0 Å². The van der Waals surface area contributed by atoms with E-state index in [0.29, 0.717) is 6.54 Å². The van der Waals surface area contributed by atoms with Gasteiger partial charge in [0.25, 0.3) is 5.91 Å². The Hall–Kier alpha value is -1.43. The number of nitrogens with zero attached hydrogens (tertiary/aromatic N) is 1. The number of carbonyl (C=O) groups is 2. The predicted octanol–water partition coefficient (Wildman–Crippen LogP) is 2.54. The Balaban J connectivity index is 1.91. The molecule has 1 heterocycles. The van der Waals surface area contributed by atoms with Crippen LogP contribution in [-0.2, 0) is 0 Å². The molecule has 0 aromatic carbocycles. The van der Waals surface area contributed by atoms with Gasteiger partial charge in [-0.2, -0.15) is 0 Å². The third-order valence-corrected chi connectivity index (χ3v) is 4.49. The van der Waals surface area contributed by atoms with E-state index in [1.165, 1.54) is 24.6 Å². The standard InChI is InChI=1S/C13H18N2O3S/c1-13(5-3-2-4-6-13)8-14-10(16)11-15-9(7-19-11)12(17)18/h7H,2-6,8H2,1H3,(H,14,16)(H,17,18). The molecule has 6 heteroatoms. The number of thiazole rings is 1. The van der Waals surface area contributed by atoms with E-state index in [9.17, 15) is 9.59 Å². The van der Waals surface area contributed by atoms with Gasteiger partial charge in [-0.05, 0) is 18.3 Å². The summed E-state index contributed by atoms with van der Waals surface area (Å²) in [5, 5.41) is 13.3. The minimum Gasteiger partial charge on any atom is -0.476 e. The Labute approximate surface area is 116 Å². The molecule has 2 N–H and O–H groups in total. The summed E-state index contributed by atoms with van der Waals surface area (Å²) in [7, 11) is 0. The van der Waals surface area contributed by atoms with Gasteiger partial charge in [-0.15, -0.1) is 11.3 Å². The maximum absolute atomic E-state index is 11.9. The molecule has 0 aliphatic heterocycles. The summed E-state index contributed by atoms with van der Waals surface area (Å²) in [5.41, 5.74) is 0.0971. The van der Waals surface area contributed by atoms with Crippen LogP contribution in [0.2, 0.25) is 0 Å². The van der Waals surface area contributed by atoms with Crippen LogP contribution in [-0.4, -0.2) is 28.5 Å². The highest BCUT2D eigenvalue weighted by atomic mass is 32.1. The molecule has 1 amide bonds. The molecule has 0 unspecified atom stereocenters. The fourth-order valence-electron chi connectivity index (χ4n) is 2.43. The van der Waals surface area contributed by atoms with E-state index in [4.69, 9.17) is 5.11 Å². The predicted molar refractivity (Wildman–Crippen MR) is 72.6 cm³/mol. The first-order chi connectivity index (χ1) is 9.00. The Morgan fingerprint density at radius 3 is 2.68 bits per heavy atom. The lowest BCUT2D eigenvalue weighted by Gasteiger charge is -2.33. The van der Waals surface area contributed by atoms with Crippen LogP contribution in [0.25, 0.3) is 0 Å². The fraction of sp³-hybridized carbons (Fsp3) is 0.615. The van der Waals surface area contributed by atoms with Crippen molar-refractivity contribution in [2.75, 3.05) is 6.54 Å². The molecular weight excluding hydrogens is 264 g/mol. The molecule has 1 aliphatic rings. The summed E-state index contributed by atoms with van der Waals surface area (Å²) >= 11 is 1.07. The molecule has 19 heavy (non-hydrogen) atoms. The highest BCUT2D eigenvalue weighted by molar-refractivity contribution is 7.11. The average molecular weight is 282 g/mol. The van der Waals surface area contributed by atoms with Crippen molar-refractivity contribution in [2.24, 2.45) is 5.41 Å². The van der Waals surface area contributed by atoms with Crippen molar-refractivity contribution >= 4 is 23.2 Å². The number of hydrogen-bond acceptors (Lipinski definition) is 4. The monoisotopic (exact) mass is 282 g/mol. The molecule has 0 saturated heterocycles. The highest BCUT2D eigenvalue weighted by Gasteiger charge is 2.27. The molecule has 1 aliphatic carbocycles. The van der Waals surface area contributed by atoms with Crippen LogP contribution in [0.15, 0.2) is 5.38 Å². The van der Waals surface area contributed by atoms with Gasteiger partial charge in [0.1, 0.15) is 0 Å². The summed E-state index contributed by atoms with van der Waals surface area (Å²) in [6, 6.07) is 0. The molecule has 1 fully saturated rings. The second kappa shape index (κ2) is 5.69. The van der Waals surface area contributed by atoms with E-state index < -0.39 is 5.97 Å². The van der Waals surface area contributed by atoms with Crippen molar-refractivity contribution in [2.45, 2.75) is 39.0 Å². The SMILES string of the molecule is CC1(CNC(=O)c2nc(C(=O)O)cs2)CCCCC1. The first kappa shape index (κ1) is 14.0. The molecule has 5 nitrogen and oxygen atoms in total. The van der Waals surface area contributed by atoms with Gasteiger partial charge < -0.3 is 10.4 Å². The van der Waals surface area contributed by atoms with Crippen molar-refractivity contribution in [3.63, 3.8) is 0 Å². The minimum absolute atomic E-state index is 0.0703. The highest BCUT2D eigenvalue weighted by Crippen LogP contribution is 2.34. The zero-order chi connectivity index (χ0) is 13.9. The van der Waals surface area contributed by atoms with E-state index in [0.717, 1.165) is 24.2 Å². The van der Waals surface area contributed by atoms with Crippen LogP contribution in [0.4, 0.5) is 0 Å². The van der Waals surface area contributed by atoms with Gasteiger partial charge in [0.2, 0.25) is 0 Å². The summed E-state index contributed by atoms with van der Waals surface area (Å²) in [4.78, 5) is 26.4. The van der Waals surface area contributed by atoms with Crippen LogP contribution in [0, 0.1) is 5.41 Å². The van der Waals surface area contributed by atoms with Crippen molar-refractivity contribution < 1.29 is 14.7 Å². The maximum Gasteiger partial charge on any atom is 0.355 e. The van der Waals surface area contributed by atoms with Gasteiger partial charge in [0, 0.05) is 11.9 Å². The van der Waals surface area contributed by atoms with Crippen LogP contribution >= 0.6 is 11.3 Å². The topological polar surface area (TPSA) is 79.3 Å². The Kier molecular flexibility index (Phi) is 4.19. The van der Waals surface area contributed by atoms with Crippen molar-refractivity contribution in [3.8, 4) is 0 Å². The van der Waals surface area contributed by atoms with Crippen molar-refractivity contribution in [1.82, 2.24) is 10.3 Å². The molecule has 0 radical (unpaired) electrons. The number of amides is 1. The molecule has 0 bridgehead atoms. The van der Waals surface area contributed by atoms with E-state index in [-0.39, 0.29) is 22.0 Å². The van der Waals surface area contributed by atoms with Gasteiger partial charge >= 0.3 is 5.97 Å². The average Bonchev–Trinajstić information content (AvgIpc) is 2.87. The third-order valence-electron chi connectivity index (χ3n) is 3.65. The largest absolute Gasteiger partial charge is 0.476 e. The molecule has 1 saturated carbocycles. The second-order valence-electron chi connectivity index (χ2n) is 5.40. The van der Waals surface area contributed by atoms with E-state index in [1.807, 2.05) is 0 Å². The zero-order valence-corrected chi connectivity index (χ0v) is 11.8. The molecule has 1 aromatic rings. The smallest absolute Gasteiger partial charge is 0.355 e. The van der Waals surface area contributed by atoms with Gasteiger partial charge in [-0.1, -0.05) is 26.2 Å². The fourth-order valence-corrected chi connectivity index (χ4v) is 3.13. The number of rotatable bonds is 4. The molecule has 0 spiro atoms. The van der Waals surface area contributed by atoms with E-state index in [2.05, 4.69) is 17.2 Å². The number of carboxylic acid groups (broad SMARTS) is 1. The number of aromatic carboxylic acids is 1.